The van der Waals surface area contributed by atoms with Crippen molar-refractivity contribution in [2.45, 2.75) is 30.6 Å². The fraction of sp³-hybridized carbons (Fsp3) is 0.222. The Morgan fingerprint density at radius 1 is 0.950 bits per heavy atom. The molecule has 0 atom stereocenters. The van der Waals surface area contributed by atoms with Gasteiger partial charge in [-0.15, -0.1) is 0 Å². The molecule has 0 spiro atoms. The molecule has 1 aliphatic heterocycles. The Balaban J connectivity index is 2.17. The van der Waals surface area contributed by atoms with E-state index in [-0.39, 0.29) is 10.9 Å². The van der Waals surface area contributed by atoms with E-state index in [4.69, 9.17) is 4.74 Å². The van der Waals surface area contributed by atoms with E-state index in [0.717, 1.165) is 11.5 Å². The third-order valence-corrected chi connectivity index (χ3v) is 5.58. The maximum atomic E-state index is 6.04. The van der Waals surface area contributed by atoms with Crippen LogP contribution >= 0.6 is 0 Å². The van der Waals surface area contributed by atoms with Crippen LogP contribution in [0.15, 0.2) is 69.3 Å². The van der Waals surface area contributed by atoms with E-state index in [2.05, 4.69) is 63.2 Å². The molecule has 3 rings (SSSR count). The molecule has 102 valence electrons. The number of hydrogen-bond donors (Lipinski definition) is 0. The summed E-state index contributed by atoms with van der Waals surface area (Å²) in [6.07, 6.45) is 2.36. The van der Waals surface area contributed by atoms with Gasteiger partial charge in [-0.25, -0.2) is 0 Å². The van der Waals surface area contributed by atoms with E-state index in [1.165, 1.54) is 14.7 Å². The fourth-order valence-corrected chi connectivity index (χ4v) is 4.92. The van der Waals surface area contributed by atoms with Crippen molar-refractivity contribution in [3.8, 4) is 11.5 Å². The minimum absolute atomic E-state index is 0.0238. The summed E-state index contributed by atoms with van der Waals surface area (Å²) in [5.74, 6) is 2.54. The Morgan fingerprint density at radius 2 is 1.45 bits per heavy atom. The lowest BCUT2D eigenvalue weighted by Gasteiger charge is -2.20. The molecule has 2 heteroatoms. The molecule has 0 bridgehead atoms. The molecular weight excluding hydrogens is 264 g/mol. The second-order valence-corrected chi connectivity index (χ2v) is 7.46. The van der Waals surface area contributed by atoms with Crippen LogP contribution in [0.25, 0.3) is 0 Å². The maximum Gasteiger partial charge on any atom is 0.208 e. The quantitative estimate of drug-likeness (QED) is 0.672. The molecule has 1 nitrogen and oxygen atoms in total. The lowest BCUT2D eigenvalue weighted by atomic mass is 10.2. The lowest BCUT2D eigenvalue weighted by Crippen LogP contribution is -2.13. The van der Waals surface area contributed by atoms with Crippen LogP contribution in [0.5, 0.6) is 11.5 Å². The van der Waals surface area contributed by atoms with E-state index in [9.17, 15) is 0 Å². The van der Waals surface area contributed by atoms with Crippen LogP contribution in [0.1, 0.15) is 20.8 Å². The minimum Gasteiger partial charge on any atom is -0.447 e. The molecule has 1 aliphatic rings. The van der Waals surface area contributed by atoms with Gasteiger partial charge in [0.25, 0.3) is 0 Å². The highest BCUT2D eigenvalue weighted by atomic mass is 32.2. The van der Waals surface area contributed by atoms with Crippen molar-refractivity contribution in [1.29, 1.82) is 0 Å². The Morgan fingerprint density at radius 3 is 1.95 bits per heavy atom. The predicted octanol–water partition coefficient (Wildman–Crippen LogP) is 5.39. The number of fused-ring (bicyclic) bond motifs is 2. The summed E-state index contributed by atoms with van der Waals surface area (Å²) in [6, 6.07) is 16.8. The number of para-hydroxylation sites is 2. The fourth-order valence-electron chi connectivity index (χ4n) is 2.53. The summed E-state index contributed by atoms with van der Waals surface area (Å²) < 4.78 is 6.04. The molecule has 0 unspecified atom stereocenters. The van der Waals surface area contributed by atoms with E-state index < -0.39 is 0 Å². The van der Waals surface area contributed by atoms with Gasteiger partial charge in [-0.2, -0.15) is 0 Å². The molecule has 0 radical (unpaired) electrons. The second kappa shape index (κ2) is 5.37. The summed E-state index contributed by atoms with van der Waals surface area (Å²) in [5, 5.41) is 0. The Bertz CT molecular complexity index is 612. The summed E-state index contributed by atoms with van der Waals surface area (Å²) >= 11 is 0. The topological polar surface area (TPSA) is 9.23 Å². The van der Waals surface area contributed by atoms with Crippen molar-refractivity contribution in [1.82, 2.24) is 0 Å². The average Bonchev–Trinajstić information content (AvgIpc) is 2.43. The second-order valence-electron chi connectivity index (χ2n) is 5.32. The van der Waals surface area contributed by atoms with Gasteiger partial charge in [0.2, 0.25) is 9.79 Å². The highest BCUT2D eigenvalue weighted by Crippen LogP contribution is 2.46. The van der Waals surface area contributed by atoms with Crippen LogP contribution in [0, 0.1) is 5.92 Å². The predicted molar refractivity (Wildman–Crippen MR) is 85.5 cm³/mol. The number of benzene rings is 2. The first-order valence-electron chi connectivity index (χ1n) is 6.95. The minimum atomic E-state index is -0.0238. The van der Waals surface area contributed by atoms with Gasteiger partial charge in [-0.05, 0) is 36.3 Å². The van der Waals surface area contributed by atoms with Gasteiger partial charge in [0.1, 0.15) is 15.8 Å². The summed E-state index contributed by atoms with van der Waals surface area (Å²) in [4.78, 5) is 4.00. The largest absolute Gasteiger partial charge is 0.447 e. The SMILES string of the molecule is C/C(=C\C(C)C)[S+]1c2ccccc2Oc2ccccc21. The van der Waals surface area contributed by atoms with Crippen molar-refractivity contribution < 1.29 is 4.74 Å². The number of allylic oxidation sites excluding steroid dienone is 2. The first-order valence-corrected chi connectivity index (χ1v) is 8.18. The average molecular weight is 283 g/mol. The van der Waals surface area contributed by atoms with Gasteiger partial charge in [-0.1, -0.05) is 38.1 Å². The van der Waals surface area contributed by atoms with E-state index >= 15 is 0 Å². The molecule has 0 fully saturated rings. The highest BCUT2D eigenvalue weighted by Gasteiger charge is 2.38. The van der Waals surface area contributed by atoms with Gasteiger partial charge in [0.05, 0.1) is 0 Å². The van der Waals surface area contributed by atoms with E-state index in [1.54, 1.807) is 0 Å². The molecule has 2 aromatic carbocycles. The van der Waals surface area contributed by atoms with Crippen LogP contribution in [0.3, 0.4) is 0 Å². The lowest BCUT2D eigenvalue weighted by molar-refractivity contribution is 0.453. The van der Waals surface area contributed by atoms with Crippen molar-refractivity contribution in [3.63, 3.8) is 0 Å². The smallest absolute Gasteiger partial charge is 0.208 e. The van der Waals surface area contributed by atoms with Crippen LogP contribution in [0.2, 0.25) is 0 Å². The van der Waals surface area contributed by atoms with Crippen molar-refractivity contribution in [3.05, 3.63) is 59.5 Å². The molecule has 1 heterocycles. The van der Waals surface area contributed by atoms with Gasteiger partial charge in [0.15, 0.2) is 11.5 Å². The van der Waals surface area contributed by atoms with Gasteiger partial charge < -0.3 is 4.74 Å². The summed E-state index contributed by atoms with van der Waals surface area (Å²) in [6.45, 7) is 6.69. The van der Waals surface area contributed by atoms with Gasteiger partial charge in [-0.3, -0.25) is 0 Å². The van der Waals surface area contributed by atoms with E-state index in [0.29, 0.717) is 5.92 Å². The number of hydrogen-bond acceptors (Lipinski definition) is 1. The standard InChI is InChI=1S/C18H19OS/c1-13(2)12-14(3)20-17-10-6-4-8-15(17)19-16-9-5-7-11-18(16)20/h4-13H,1-3H3/q+1/b14-12+. The van der Waals surface area contributed by atoms with Gasteiger partial charge in [0, 0.05) is 6.92 Å². The maximum absolute atomic E-state index is 6.04. The first-order chi connectivity index (χ1) is 9.66. The normalized spacial score (nSPS) is 14.7. The van der Waals surface area contributed by atoms with Crippen LogP contribution in [0.4, 0.5) is 0 Å². The first kappa shape index (κ1) is 13.3. The van der Waals surface area contributed by atoms with Crippen LogP contribution < -0.4 is 4.74 Å². The number of rotatable bonds is 2. The third-order valence-electron chi connectivity index (χ3n) is 3.25. The zero-order chi connectivity index (χ0) is 14.1. The molecule has 0 saturated carbocycles. The highest BCUT2D eigenvalue weighted by molar-refractivity contribution is 8.00. The molecule has 0 saturated heterocycles. The van der Waals surface area contributed by atoms with Crippen molar-refractivity contribution >= 4 is 10.9 Å². The monoisotopic (exact) mass is 283 g/mol. The third kappa shape index (κ3) is 2.36. The molecule has 0 aromatic heterocycles. The molecule has 2 aromatic rings. The molecule has 20 heavy (non-hydrogen) atoms. The molecule has 0 aliphatic carbocycles. The van der Waals surface area contributed by atoms with Crippen LogP contribution in [-0.4, -0.2) is 0 Å². The summed E-state index contributed by atoms with van der Waals surface area (Å²) in [7, 11) is -0.0238. The Labute approximate surface area is 123 Å². The van der Waals surface area contributed by atoms with Crippen LogP contribution in [-0.2, 0) is 10.9 Å². The Hall–Kier alpha value is -1.67. The zero-order valence-corrected chi connectivity index (χ0v) is 12.9. The number of ether oxygens (including phenoxy) is 1. The van der Waals surface area contributed by atoms with Crippen molar-refractivity contribution in [2.75, 3.05) is 0 Å². The summed E-state index contributed by atoms with van der Waals surface area (Å²) in [5.41, 5.74) is 0. The van der Waals surface area contributed by atoms with E-state index in [1.807, 2.05) is 12.1 Å². The zero-order valence-electron chi connectivity index (χ0n) is 12.1. The molecular formula is C18H19OS+. The molecule has 0 N–H and O–H groups in total. The van der Waals surface area contributed by atoms with Crippen molar-refractivity contribution in [2.24, 2.45) is 5.92 Å². The van der Waals surface area contributed by atoms with Gasteiger partial charge >= 0.3 is 0 Å². The Kier molecular flexibility index (Phi) is 3.58. The molecule has 0 amide bonds.